The first-order valence-electron chi connectivity index (χ1n) is 8.55. The van der Waals surface area contributed by atoms with Crippen molar-refractivity contribution in [2.45, 2.75) is 26.9 Å². The Hall–Kier alpha value is -2.79. The molecule has 132 valence electrons. The molecule has 4 nitrogen and oxygen atoms in total. The van der Waals surface area contributed by atoms with E-state index in [1.54, 1.807) is 12.4 Å². The highest BCUT2D eigenvalue weighted by Crippen LogP contribution is 2.16. The van der Waals surface area contributed by atoms with Crippen molar-refractivity contribution in [3.63, 3.8) is 0 Å². The van der Waals surface area contributed by atoms with Gasteiger partial charge in [-0.1, -0.05) is 18.2 Å². The highest BCUT2D eigenvalue weighted by molar-refractivity contribution is 7.80. The molecule has 0 fully saturated rings. The van der Waals surface area contributed by atoms with Crippen molar-refractivity contribution in [3.8, 4) is 0 Å². The lowest BCUT2D eigenvalue weighted by Crippen LogP contribution is -2.34. The van der Waals surface area contributed by atoms with E-state index in [0.717, 1.165) is 17.1 Å². The number of rotatable bonds is 5. The van der Waals surface area contributed by atoms with Gasteiger partial charge in [-0.05, 0) is 73.6 Å². The summed E-state index contributed by atoms with van der Waals surface area (Å²) in [6.45, 7) is 5.44. The molecule has 0 saturated carbocycles. The number of thiocarbonyl (C=S) groups is 1. The molecule has 0 radical (unpaired) electrons. The SMILES string of the molecule is Cc1ccc(NC(=S)N(Cc2ccccn2)Cc2ccccn2)cc1C. The Kier molecular flexibility index (Phi) is 5.92. The summed E-state index contributed by atoms with van der Waals surface area (Å²) in [5.41, 5.74) is 5.42. The average Bonchev–Trinajstić information content (AvgIpc) is 2.66. The molecule has 2 aromatic heterocycles. The predicted molar refractivity (Wildman–Crippen MR) is 110 cm³/mol. The number of anilines is 1. The topological polar surface area (TPSA) is 41.0 Å². The van der Waals surface area contributed by atoms with Gasteiger partial charge < -0.3 is 10.2 Å². The van der Waals surface area contributed by atoms with Crippen LogP contribution in [0.4, 0.5) is 5.69 Å². The van der Waals surface area contributed by atoms with Crippen LogP contribution in [0.3, 0.4) is 0 Å². The molecule has 0 spiro atoms. The van der Waals surface area contributed by atoms with E-state index < -0.39 is 0 Å². The van der Waals surface area contributed by atoms with Crippen molar-refractivity contribution < 1.29 is 0 Å². The minimum absolute atomic E-state index is 0.619. The summed E-state index contributed by atoms with van der Waals surface area (Å²) in [6, 6.07) is 18.1. The normalized spacial score (nSPS) is 10.4. The molecule has 0 atom stereocenters. The maximum atomic E-state index is 5.69. The molecule has 5 heteroatoms. The fourth-order valence-electron chi connectivity index (χ4n) is 2.60. The molecule has 3 rings (SSSR count). The molecule has 0 aliphatic carbocycles. The van der Waals surface area contributed by atoms with Gasteiger partial charge in [-0.25, -0.2) is 0 Å². The number of nitrogens with one attached hydrogen (secondary N) is 1. The quantitative estimate of drug-likeness (QED) is 0.677. The number of hydrogen-bond acceptors (Lipinski definition) is 3. The van der Waals surface area contributed by atoms with Crippen molar-refractivity contribution >= 4 is 23.0 Å². The van der Waals surface area contributed by atoms with Crippen molar-refractivity contribution in [2.75, 3.05) is 5.32 Å². The number of nitrogens with zero attached hydrogens (tertiary/aromatic N) is 3. The van der Waals surface area contributed by atoms with Crippen LogP contribution < -0.4 is 5.32 Å². The Morgan fingerprint density at radius 3 is 2.00 bits per heavy atom. The fraction of sp³-hybridized carbons (Fsp3) is 0.190. The second-order valence-corrected chi connectivity index (χ2v) is 6.61. The molecule has 1 aromatic carbocycles. The molecule has 0 aliphatic heterocycles. The Balaban J connectivity index is 1.78. The predicted octanol–water partition coefficient (Wildman–Crippen LogP) is 4.49. The minimum atomic E-state index is 0.619. The van der Waals surface area contributed by atoms with E-state index in [2.05, 4.69) is 46.2 Å². The summed E-state index contributed by atoms with van der Waals surface area (Å²) in [7, 11) is 0. The third-order valence-electron chi connectivity index (χ3n) is 4.20. The van der Waals surface area contributed by atoms with Crippen molar-refractivity contribution in [2.24, 2.45) is 0 Å². The van der Waals surface area contributed by atoms with Gasteiger partial charge >= 0.3 is 0 Å². The molecule has 0 amide bonds. The Morgan fingerprint density at radius 1 is 0.885 bits per heavy atom. The zero-order chi connectivity index (χ0) is 18.4. The third kappa shape index (κ3) is 4.86. The van der Waals surface area contributed by atoms with Gasteiger partial charge in [0.05, 0.1) is 24.5 Å². The monoisotopic (exact) mass is 362 g/mol. The van der Waals surface area contributed by atoms with Gasteiger partial charge in [0.25, 0.3) is 0 Å². The van der Waals surface area contributed by atoms with Crippen molar-refractivity contribution in [1.82, 2.24) is 14.9 Å². The molecule has 26 heavy (non-hydrogen) atoms. The minimum Gasteiger partial charge on any atom is -0.337 e. The van der Waals surface area contributed by atoms with Crippen LogP contribution in [-0.4, -0.2) is 20.0 Å². The summed E-state index contributed by atoms with van der Waals surface area (Å²) in [6.07, 6.45) is 3.60. The third-order valence-corrected chi connectivity index (χ3v) is 4.56. The van der Waals surface area contributed by atoms with E-state index in [1.807, 2.05) is 42.5 Å². The highest BCUT2D eigenvalue weighted by Gasteiger charge is 2.13. The number of hydrogen-bond donors (Lipinski definition) is 1. The molecule has 0 saturated heterocycles. The zero-order valence-electron chi connectivity index (χ0n) is 15.0. The van der Waals surface area contributed by atoms with E-state index >= 15 is 0 Å². The first-order chi connectivity index (χ1) is 12.6. The average molecular weight is 363 g/mol. The lowest BCUT2D eigenvalue weighted by molar-refractivity contribution is 0.402. The van der Waals surface area contributed by atoms with E-state index in [9.17, 15) is 0 Å². The molecule has 3 aromatic rings. The largest absolute Gasteiger partial charge is 0.337 e. The van der Waals surface area contributed by atoms with Crippen LogP contribution in [0.15, 0.2) is 67.0 Å². The Morgan fingerprint density at radius 2 is 1.50 bits per heavy atom. The summed E-state index contributed by atoms with van der Waals surface area (Å²) in [4.78, 5) is 10.9. The number of benzene rings is 1. The Labute approximate surface area is 159 Å². The standard InChI is InChI=1S/C21H22N4S/c1-16-9-10-18(13-17(16)2)24-21(26)25(14-19-7-3-5-11-22-19)15-20-8-4-6-12-23-20/h3-13H,14-15H2,1-2H3,(H,24,26). The van der Waals surface area contributed by atoms with E-state index in [4.69, 9.17) is 12.2 Å². The second kappa shape index (κ2) is 8.54. The van der Waals surface area contributed by atoms with Gasteiger partial charge in [-0.2, -0.15) is 0 Å². The molecular formula is C21H22N4S. The van der Waals surface area contributed by atoms with Gasteiger partial charge in [0.2, 0.25) is 0 Å². The first kappa shape index (κ1) is 18.0. The highest BCUT2D eigenvalue weighted by atomic mass is 32.1. The van der Waals surface area contributed by atoms with Gasteiger partial charge in [0.15, 0.2) is 5.11 Å². The lowest BCUT2D eigenvalue weighted by atomic mass is 10.1. The van der Waals surface area contributed by atoms with Crippen molar-refractivity contribution in [1.29, 1.82) is 0 Å². The molecule has 2 heterocycles. The Bertz CT molecular complexity index is 824. The summed E-state index contributed by atoms with van der Waals surface area (Å²) in [5.74, 6) is 0. The van der Waals surface area contributed by atoms with Gasteiger partial charge in [-0.15, -0.1) is 0 Å². The van der Waals surface area contributed by atoms with Crippen LogP contribution in [0.5, 0.6) is 0 Å². The first-order valence-corrected chi connectivity index (χ1v) is 8.95. The van der Waals surface area contributed by atoms with Gasteiger partial charge in [-0.3, -0.25) is 9.97 Å². The van der Waals surface area contributed by atoms with E-state index in [1.165, 1.54) is 11.1 Å². The van der Waals surface area contributed by atoms with E-state index in [-0.39, 0.29) is 0 Å². The van der Waals surface area contributed by atoms with Gasteiger partial charge in [0.1, 0.15) is 0 Å². The van der Waals surface area contributed by atoms with Crippen LogP contribution in [0.1, 0.15) is 22.5 Å². The maximum absolute atomic E-state index is 5.69. The smallest absolute Gasteiger partial charge is 0.174 e. The lowest BCUT2D eigenvalue weighted by Gasteiger charge is -2.25. The summed E-state index contributed by atoms with van der Waals surface area (Å²) >= 11 is 5.69. The van der Waals surface area contributed by atoms with Crippen LogP contribution in [-0.2, 0) is 13.1 Å². The zero-order valence-corrected chi connectivity index (χ0v) is 15.8. The number of pyridine rings is 2. The number of aromatic nitrogens is 2. The van der Waals surface area contributed by atoms with Crippen molar-refractivity contribution in [3.05, 3.63) is 89.5 Å². The van der Waals surface area contributed by atoms with Crippen LogP contribution >= 0.6 is 12.2 Å². The number of aryl methyl sites for hydroxylation is 2. The molecule has 0 bridgehead atoms. The summed E-state index contributed by atoms with van der Waals surface area (Å²) < 4.78 is 0. The van der Waals surface area contributed by atoms with Gasteiger partial charge in [0, 0.05) is 18.1 Å². The second-order valence-electron chi connectivity index (χ2n) is 6.23. The molecule has 1 N–H and O–H groups in total. The molecule has 0 aliphatic rings. The fourth-order valence-corrected chi connectivity index (χ4v) is 2.84. The molecule has 0 unspecified atom stereocenters. The van der Waals surface area contributed by atoms with E-state index in [0.29, 0.717) is 18.2 Å². The van der Waals surface area contributed by atoms with Crippen LogP contribution in [0.2, 0.25) is 0 Å². The molecular weight excluding hydrogens is 340 g/mol. The summed E-state index contributed by atoms with van der Waals surface area (Å²) in [5, 5.41) is 4.01. The maximum Gasteiger partial charge on any atom is 0.174 e. The van der Waals surface area contributed by atoms with Crippen LogP contribution in [0.25, 0.3) is 0 Å². The van der Waals surface area contributed by atoms with Crippen LogP contribution in [0, 0.1) is 13.8 Å².